The van der Waals surface area contributed by atoms with E-state index in [2.05, 4.69) is 32.8 Å². The van der Waals surface area contributed by atoms with Crippen LogP contribution in [0.3, 0.4) is 0 Å². The van der Waals surface area contributed by atoms with Gasteiger partial charge in [0.15, 0.2) is 0 Å². The summed E-state index contributed by atoms with van der Waals surface area (Å²) in [5.41, 5.74) is 4.35. The number of sulfonamides is 1. The molecular weight excluding hydrogens is 346 g/mol. The van der Waals surface area contributed by atoms with Crippen molar-refractivity contribution in [2.75, 3.05) is 13.6 Å². The average molecular weight is 378 g/mol. The van der Waals surface area contributed by atoms with Crippen LogP contribution in [0.1, 0.15) is 50.2 Å². The molecule has 1 heterocycles. The van der Waals surface area contributed by atoms with Crippen molar-refractivity contribution in [3.05, 3.63) is 46.8 Å². The van der Waals surface area contributed by atoms with Crippen LogP contribution in [0.2, 0.25) is 0 Å². The number of hydrogen-bond donors (Lipinski definition) is 0. The molecule has 0 fully saturated rings. The van der Waals surface area contributed by atoms with Gasteiger partial charge in [-0.25, -0.2) is 12.7 Å². The molecule has 0 bridgehead atoms. The quantitative estimate of drug-likeness (QED) is 0.772. The molecule has 0 saturated heterocycles. The van der Waals surface area contributed by atoms with Gasteiger partial charge in [0.05, 0.1) is 10.6 Å². The lowest BCUT2D eigenvalue weighted by Crippen LogP contribution is -2.29. The zero-order chi connectivity index (χ0) is 19.7. The highest BCUT2D eigenvalue weighted by molar-refractivity contribution is 7.89. The van der Waals surface area contributed by atoms with E-state index in [-0.39, 0.29) is 5.41 Å². The van der Waals surface area contributed by atoms with Gasteiger partial charge in [-0.1, -0.05) is 32.9 Å². The zero-order valence-electron chi connectivity index (χ0n) is 17.0. The fourth-order valence-corrected chi connectivity index (χ4v) is 4.27. The van der Waals surface area contributed by atoms with Gasteiger partial charge in [0.1, 0.15) is 0 Å². The highest BCUT2D eigenvalue weighted by atomic mass is 32.2. The number of nitrogens with zero attached hydrogens (tertiary/aromatic N) is 3. The van der Waals surface area contributed by atoms with E-state index in [9.17, 15) is 8.42 Å². The third-order valence-corrected chi connectivity index (χ3v) is 6.81. The standard InChI is InChI=1S/C20H31N3O2S/c1-8-23-16(3)19(15(2)21-23)13-14-22(7)26(24,25)18-11-9-17(10-12-18)20(4,5)6/h9-12H,8,13-14H2,1-7H3. The largest absolute Gasteiger partial charge is 0.270 e. The van der Waals surface area contributed by atoms with Crippen molar-refractivity contribution < 1.29 is 8.42 Å². The summed E-state index contributed by atoms with van der Waals surface area (Å²) in [6, 6.07) is 7.22. The van der Waals surface area contributed by atoms with E-state index in [0.717, 1.165) is 29.1 Å². The fourth-order valence-electron chi connectivity index (χ4n) is 3.10. The lowest BCUT2D eigenvalue weighted by atomic mass is 9.87. The second kappa shape index (κ2) is 7.53. The molecule has 5 nitrogen and oxygen atoms in total. The van der Waals surface area contributed by atoms with Gasteiger partial charge >= 0.3 is 0 Å². The third kappa shape index (κ3) is 4.18. The van der Waals surface area contributed by atoms with Crippen LogP contribution in [-0.2, 0) is 28.4 Å². The normalized spacial score (nSPS) is 12.8. The first-order valence-corrected chi connectivity index (χ1v) is 10.5. The Morgan fingerprint density at radius 1 is 1.12 bits per heavy atom. The van der Waals surface area contributed by atoms with Gasteiger partial charge < -0.3 is 0 Å². The summed E-state index contributed by atoms with van der Waals surface area (Å²) in [7, 11) is -1.85. The second-order valence-electron chi connectivity index (χ2n) is 7.82. The second-order valence-corrected chi connectivity index (χ2v) is 9.86. The molecule has 0 saturated carbocycles. The summed E-state index contributed by atoms with van der Waals surface area (Å²) >= 11 is 0. The Morgan fingerprint density at radius 3 is 2.15 bits per heavy atom. The number of aromatic nitrogens is 2. The number of benzene rings is 1. The minimum atomic E-state index is -3.49. The molecule has 0 aliphatic carbocycles. The SMILES string of the molecule is CCn1nc(C)c(CCN(C)S(=O)(=O)c2ccc(C(C)(C)C)cc2)c1C. The van der Waals surface area contributed by atoms with Gasteiger partial charge in [-0.15, -0.1) is 0 Å². The topological polar surface area (TPSA) is 55.2 Å². The number of hydrogen-bond acceptors (Lipinski definition) is 3. The molecule has 1 aromatic carbocycles. The molecule has 6 heteroatoms. The molecule has 0 radical (unpaired) electrons. The van der Waals surface area contributed by atoms with Crippen molar-refractivity contribution in [3.8, 4) is 0 Å². The minimum Gasteiger partial charge on any atom is -0.270 e. The predicted octanol–water partition coefficient (Wildman–Crippen LogP) is 3.68. The van der Waals surface area contributed by atoms with Crippen molar-refractivity contribution >= 4 is 10.0 Å². The van der Waals surface area contributed by atoms with E-state index in [0.29, 0.717) is 17.9 Å². The zero-order valence-corrected chi connectivity index (χ0v) is 17.8. The maximum atomic E-state index is 12.9. The first-order valence-electron chi connectivity index (χ1n) is 9.08. The summed E-state index contributed by atoms with van der Waals surface area (Å²) in [4.78, 5) is 0.339. The molecule has 0 unspecified atom stereocenters. The van der Waals surface area contributed by atoms with E-state index >= 15 is 0 Å². The molecule has 144 valence electrons. The molecule has 1 aromatic heterocycles. The van der Waals surface area contributed by atoms with Crippen LogP contribution in [0.5, 0.6) is 0 Å². The van der Waals surface area contributed by atoms with E-state index in [1.807, 2.05) is 30.7 Å². The molecule has 2 aromatic rings. The monoisotopic (exact) mass is 377 g/mol. The first-order chi connectivity index (χ1) is 12.0. The Morgan fingerprint density at radius 2 is 1.69 bits per heavy atom. The van der Waals surface area contributed by atoms with Gasteiger partial charge in [0.2, 0.25) is 10.0 Å². The van der Waals surface area contributed by atoms with Crippen LogP contribution >= 0.6 is 0 Å². The Labute approximate surface area is 158 Å². The predicted molar refractivity (Wildman–Crippen MR) is 106 cm³/mol. The molecule has 0 amide bonds. The Bertz CT molecular complexity index is 860. The molecule has 2 rings (SSSR count). The molecular formula is C20H31N3O2S. The summed E-state index contributed by atoms with van der Waals surface area (Å²) in [6.07, 6.45) is 0.660. The van der Waals surface area contributed by atoms with Crippen LogP contribution < -0.4 is 0 Å². The Hall–Kier alpha value is -1.66. The van der Waals surface area contributed by atoms with Crippen molar-refractivity contribution in [2.24, 2.45) is 0 Å². The van der Waals surface area contributed by atoms with Crippen molar-refractivity contribution in [2.45, 2.75) is 64.8 Å². The van der Waals surface area contributed by atoms with Crippen LogP contribution in [0, 0.1) is 13.8 Å². The summed E-state index contributed by atoms with van der Waals surface area (Å²) < 4.78 is 29.1. The molecule has 26 heavy (non-hydrogen) atoms. The maximum absolute atomic E-state index is 12.9. The molecule has 0 aliphatic heterocycles. The van der Waals surface area contributed by atoms with Crippen molar-refractivity contribution in [1.82, 2.24) is 14.1 Å². The lowest BCUT2D eigenvalue weighted by molar-refractivity contribution is 0.471. The molecule has 0 N–H and O–H groups in total. The fraction of sp³-hybridized carbons (Fsp3) is 0.550. The van der Waals surface area contributed by atoms with Crippen molar-refractivity contribution in [3.63, 3.8) is 0 Å². The van der Waals surface area contributed by atoms with Gasteiger partial charge in [-0.2, -0.15) is 5.10 Å². The number of likely N-dealkylation sites (N-methyl/N-ethyl adjacent to an activating group) is 1. The average Bonchev–Trinajstić information content (AvgIpc) is 2.85. The van der Waals surface area contributed by atoms with E-state index < -0.39 is 10.0 Å². The van der Waals surface area contributed by atoms with Gasteiger partial charge in [-0.3, -0.25) is 4.68 Å². The van der Waals surface area contributed by atoms with Crippen LogP contribution in [0.15, 0.2) is 29.2 Å². The lowest BCUT2D eigenvalue weighted by Gasteiger charge is -2.21. The maximum Gasteiger partial charge on any atom is 0.242 e. The number of rotatable bonds is 6. The van der Waals surface area contributed by atoms with Gasteiger partial charge in [0.25, 0.3) is 0 Å². The van der Waals surface area contributed by atoms with Crippen molar-refractivity contribution in [1.29, 1.82) is 0 Å². The summed E-state index contributed by atoms with van der Waals surface area (Å²) in [6.45, 7) is 13.7. The summed E-state index contributed by atoms with van der Waals surface area (Å²) in [5, 5.41) is 4.51. The minimum absolute atomic E-state index is 0.00266. The van der Waals surface area contributed by atoms with E-state index in [1.165, 1.54) is 4.31 Å². The molecule has 0 aliphatic rings. The number of aryl methyl sites for hydroxylation is 2. The highest BCUT2D eigenvalue weighted by Gasteiger charge is 2.23. The van der Waals surface area contributed by atoms with Crippen LogP contribution in [0.4, 0.5) is 0 Å². The molecule has 0 atom stereocenters. The first kappa shape index (κ1) is 20.6. The van der Waals surface area contributed by atoms with E-state index in [4.69, 9.17) is 0 Å². The smallest absolute Gasteiger partial charge is 0.242 e. The third-order valence-electron chi connectivity index (χ3n) is 4.94. The van der Waals surface area contributed by atoms with E-state index in [1.54, 1.807) is 19.2 Å². The Balaban J connectivity index is 2.16. The van der Waals surface area contributed by atoms with Gasteiger partial charge in [0, 0.05) is 25.8 Å². The van der Waals surface area contributed by atoms with Gasteiger partial charge in [-0.05, 0) is 55.9 Å². The molecule has 0 spiro atoms. The summed E-state index contributed by atoms with van der Waals surface area (Å²) in [5.74, 6) is 0. The highest BCUT2D eigenvalue weighted by Crippen LogP contribution is 2.24. The van der Waals surface area contributed by atoms with Crippen LogP contribution in [0.25, 0.3) is 0 Å². The Kier molecular flexibility index (Phi) is 5.98. The van der Waals surface area contributed by atoms with Crippen LogP contribution in [-0.4, -0.2) is 36.1 Å².